The van der Waals surface area contributed by atoms with Crippen molar-refractivity contribution in [3.05, 3.63) is 0 Å². The number of amides is 3. The Morgan fingerprint density at radius 3 is 1.96 bits per heavy atom. The Hall–Kier alpha value is -2.69. The van der Waals surface area contributed by atoms with E-state index in [2.05, 4.69) is 16.0 Å². The molecule has 0 heterocycles. The van der Waals surface area contributed by atoms with Gasteiger partial charge in [-0.3, -0.25) is 19.2 Å². The lowest BCUT2D eigenvalue weighted by Gasteiger charge is -2.21. The predicted octanol–water partition coefficient (Wildman–Crippen LogP) is -1.59. The molecule has 0 rings (SSSR count). The van der Waals surface area contributed by atoms with Gasteiger partial charge in [-0.05, 0) is 25.7 Å². The van der Waals surface area contributed by atoms with Crippen LogP contribution in [0.15, 0.2) is 0 Å². The first-order valence-corrected chi connectivity index (χ1v) is 8.51. The van der Waals surface area contributed by atoms with Crippen LogP contribution in [0.2, 0.25) is 0 Å². The van der Waals surface area contributed by atoms with Gasteiger partial charge in [0.1, 0.15) is 12.1 Å². The second-order valence-corrected chi connectivity index (χ2v) is 6.59. The summed E-state index contributed by atoms with van der Waals surface area (Å²) in [6.45, 7) is 4.66. The van der Waals surface area contributed by atoms with Gasteiger partial charge in [-0.25, -0.2) is 4.79 Å². The van der Waals surface area contributed by atoms with Crippen LogP contribution in [-0.4, -0.2) is 64.5 Å². The summed E-state index contributed by atoms with van der Waals surface area (Å²) in [4.78, 5) is 57.4. The molecule has 0 spiro atoms. The molecule has 3 atom stereocenters. The van der Waals surface area contributed by atoms with Crippen molar-refractivity contribution in [2.24, 2.45) is 11.7 Å². The number of carbonyl (C=O) groups is 5. The SMILES string of the molecule is CC(C)CC(NC(=O)C(C)N)C(=O)NCC(=O)NC(CCC(=O)O)C(=O)O. The normalized spacial score (nSPS) is 14.0. The summed E-state index contributed by atoms with van der Waals surface area (Å²) in [5.74, 6) is -4.40. The molecule has 0 aliphatic heterocycles. The molecule has 0 aromatic rings. The highest BCUT2D eigenvalue weighted by molar-refractivity contribution is 5.92. The van der Waals surface area contributed by atoms with E-state index in [1.54, 1.807) is 0 Å². The van der Waals surface area contributed by atoms with Crippen LogP contribution in [0.4, 0.5) is 0 Å². The molecule has 0 saturated heterocycles. The van der Waals surface area contributed by atoms with Gasteiger partial charge in [0.15, 0.2) is 0 Å². The minimum absolute atomic E-state index is 0.0790. The van der Waals surface area contributed by atoms with Crippen molar-refractivity contribution < 1.29 is 34.2 Å². The number of nitrogens with one attached hydrogen (secondary N) is 3. The molecule has 0 aromatic carbocycles. The van der Waals surface area contributed by atoms with Gasteiger partial charge >= 0.3 is 11.9 Å². The van der Waals surface area contributed by atoms with Crippen molar-refractivity contribution in [3.8, 4) is 0 Å². The summed E-state index contributed by atoms with van der Waals surface area (Å²) in [6.07, 6.45) is -0.392. The van der Waals surface area contributed by atoms with Crippen molar-refractivity contribution in [2.45, 2.75) is 58.2 Å². The summed E-state index contributed by atoms with van der Waals surface area (Å²) < 4.78 is 0. The van der Waals surface area contributed by atoms with Crippen LogP contribution in [0, 0.1) is 5.92 Å². The zero-order chi connectivity index (χ0) is 21.1. The van der Waals surface area contributed by atoms with Gasteiger partial charge in [0.25, 0.3) is 0 Å². The first kappa shape index (κ1) is 24.3. The Kier molecular flexibility index (Phi) is 10.7. The highest BCUT2D eigenvalue weighted by Gasteiger charge is 2.25. The monoisotopic (exact) mass is 388 g/mol. The number of carboxylic acids is 2. The lowest BCUT2D eigenvalue weighted by Crippen LogP contribution is -2.53. The van der Waals surface area contributed by atoms with Crippen LogP contribution in [0.3, 0.4) is 0 Å². The molecule has 11 nitrogen and oxygen atoms in total. The third-order valence-corrected chi connectivity index (χ3v) is 3.46. The Bertz CT molecular complexity index is 563. The minimum Gasteiger partial charge on any atom is -0.481 e. The molecule has 154 valence electrons. The Morgan fingerprint density at radius 2 is 1.52 bits per heavy atom. The molecule has 7 N–H and O–H groups in total. The number of hydrogen-bond donors (Lipinski definition) is 6. The van der Waals surface area contributed by atoms with Crippen molar-refractivity contribution in [2.75, 3.05) is 6.54 Å². The van der Waals surface area contributed by atoms with Crippen LogP contribution in [0.5, 0.6) is 0 Å². The van der Waals surface area contributed by atoms with Crippen molar-refractivity contribution in [1.82, 2.24) is 16.0 Å². The average Bonchev–Trinajstić information content (AvgIpc) is 2.54. The maximum absolute atomic E-state index is 12.2. The summed E-state index contributed by atoms with van der Waals surface area (Å²) >= 11 is 0. The number of aliphatic carboxylic acids is 2. The van der Waals surface area contributed by atoms with Gasteiger partial charge in [0.2, 0.25) is 17.7 Å². The maximum atomic E-state index is 12.2. The summed E-state index contributed by atoms with van der Waals surface area (Å²) in [5.41, 5.74) is 5.46. The van der Waals surface area contributed by atoms with Crippen LogP contribution in [0.1, 0.15) is 40.0 Å². The van der Waals surface area contributed by atoms with Gasteiger partial charge in [0.05, 0.1) is 12.6 Å². The molecule has 0 radical (unpaired) electrons. The molecule has 0 fully saturated rings. The van der Waals surface area contributed by atoms with Gasteiger partial charge in [-0.15, -0.1) is 0 Å². The third-order valence-electron chi connectivity index (χ3n) is 3.46. The molecule has 27 heavy (non-hydrogen) atoms. The second kappa shape index (κ2) is 11.8. The van der Waals surface area contributed by atoms with E-state index in [0.717, 1.165) is 0 Å². The Morgan fingerprint density at radius 1 is 0.926 bits per heavy atom. The molecule has 3 amide bonds. The van der Waals surface area contributed by atoms with E-state index in [9.17, 15) is 24.0 Å². The molecule has 11 heteroatoms. The first-order valence-electron chi connectivity index (χ1n) is 8.51. The highest BCUT2D eigenvalue weighted by Crippen LogP contribution is 2.05. The average molecular weight is 388 g/mol. The van der Waals surface area contributed by atoms with Gasteiger partial charge < -0.3 is 31.9 Å². The van der Waals surface area contributed by atoms with E-state index >= 15 is 0 Å². The predicted molar refractivity (Wildman–Crippen MR) is 94.5 cm³/mol. The standard InChI is InChI=1S/C16H28N4O7/c1-8(2)6-11(20-14(24)9(3)17)15(25)18-7-12(21)19-10(16(26)27)4-5-13(22)23/h8-11H,4-7,17H2,1-3H3,(H,18,25)(H,19,21)(H,20,24)(H,22,23)(H,26,27). The molecule has 3 unspecified atom stereocenters. The Labute approximate surface area is 157 Å². The summed E-state index contributed by atoms with van der Waals surface area (Å²) in [7, 11) is 0. The molecule has 0 aromatic heterocycles. The minimum atomic E-state index is -1.38. The number of carboxylic acid groups (broad SMARTS) is 2. The fourth-order valence-electron chi connectivity index (χ4n) is 2.07. The molecular formula is C16H28N4O7. The maximum Gasteiger partial charge on any atom is 0.326 e. The molecule has 0 aliphatic rings. The van der Waals surface area contributed by atoms with Crippen LogP contribution >= 0.6 is 0 Å². The molecule has 0 saturated carbocycles. The zero-order valence-electron chi connectivity index (χ0n) is 15.7. The van der Waals surface area contributed by atoms with Gasteiger partial charge in [0, 0.05) is 6.42 Å². The number of carbonyl (C=O) groups excluding carboxylic acids is 3. The first-order chi connectivity index (χ1) is 12.4. The quantitative estimate of drug-likeness (QED) is 0.231. The van der Waals surface area contributed by atoms with Crippen molar-refractivity contribution >= 4 is 29.7 Å². The van der Waals surface area contributed by atoms with Gasteiger partial charge in [-0.2, -0.15) is 0 Å². The largest absolute Gasteiger partial charge is 0.481 e. The second-order valence-electron chi connectivity index (χ2n) is 6.59. The van der Waals surface area contributed by atoms with E-state index in [-0.39, 0.29) is 12.3 Å². The van der Waals surface area contributed by atoms with Crippen molar-refractivity contribution in [3.63, 3.8) is 0 Å². The number of hydrogen-bond acceptors (Lipinski definition) is 6. The summed E-state index contributed by atoms with van der Waals surface area (Å²) in [5, 5.41) is 24.6. The zero-order valence-corrected chi connectivity index (χ0v) is 15.7. The third kappa shape index (κ3) is 10.8. The lowest BCUT2D eigenvalue weighted by atomic mass is 10.0. The van der Waals surface area contributed by atoms with E-state index in [0.29, 0.717) is 6.42 Å². The highest BCUT2D eigenvalue weighted by atomic mass is 16.4. The van der Waals surface area contributed by atoms with Crippen LogP contribution in [0.25, 0.3) is 0 Å². The van der Waals surface area contributed by atoms with Crippen molar-refractivity contribution in [1.29, 1.82) is 0 Å². The Balaban J connectivity index is 4.70. The lowest BCUT2D eigenvalue weighted by molar-refractivity contribution is -0.143. The fraction of sp³-hybridized carbons (Fsp3) is 0.688. The molecule has 0 bridgehead atoms. The van der Waals surface area contributed by atoms with E-state index < -0.39 is 60.8 Å². The van der Waals surface area contributed by atoms with Crippen LogP contribution < -0.4 is 21.7 Å². The van der Waals surface area contributed by atoms with E-state index in [1.807, 2.05) is 13.8 Å². The van der Waals surface area contributed by atoms with E-state index in [4.69, 9.17) is 15.9 Å². The summed E-state index contributed by atoms with van der Waals surface area (Å²) in [6, 6.07) is -3.07. The van der Waals surface area contributed by atoms with Gasteiger partial charge in [-0.1, -0.05) is 13.8 Å². The van der Waals surface area contributed by atoms with Crippen LogP contribution in [-0.2, 0) is 24.0 Å². The molecular weight excluding hydrogens is 360 g/mol. The fourth-order valence-corrected chi connectivity index (χ4v) is 2.07. The molecule has 0 aliphatic carbocycles. The number of rotatable bonds is 12. The number of nitrogens with two attached hydrogens (primary N) is 1. The van der Waals surface area contributed by atoms with E-state index in [1.165, 1.54) is 6.92 Å². The topological polar surface area (TPSA) is 188 Å². The smallest absolute Gasteiger partial charge is 0.326 e.